The minimum absolute atomic E-state index is 0.384. The van der Waals surface area contributed by atoms with E-state index in [1.165, 1.54) is 6.33 Å². The molecule has 25 heavy (non-hydrogen) atoms. The summed E-state index contributed by atoms with van der Waals surface area (Å²) in [5.41, 5.74) is 0.691. The molecule has 0 aliphatic carbocycles. The molecule has 0 amide bonds. The summed E-state index contributed by atoms with van der Waals surface area (Å²) < 4.78 is 51.0. The summed E-state index contributed by atoms with van der Waals surface area (Å²) in [5.74, 6) is 0.701. The second-order valence-corrected chi connectivity index (χ2v) is 7.43. The summed E-state index contributed by atoms with van der Waals surface area (Å²) in [6, 6.07) is -0.550. The Kier molecular flexibility index (Phi) is 4.84. The molecule has 1 aliphatic heterocycles. The van der Waals surface area contributed by atoms with Crippen molar-refractivity contribution in [3.63, 3.8) is 0 Å². The molecule has 2 N–H and O–H groups in total. The second-order valence-electron chi connectivity index (χ2n) is 5.93. The van der Waals surface area contributed by atoms with Gasteiger partial charge in [-0.15, -0.1) is 0 Å². The van der Waals surface area contributed by atoms with E-state index in [4.69, 9.17) is 5.14 Å². The average molecular weight is 375 g/mol. The summed E-state index contributed by atoms with van der Waals surface area (Å²) in [5, 5.41) is 10.1. The maximum absolute atomic E-state index is 12.7. The van der Waals surface area contributed by atoms with Crippen LogP contribution in [0.4, 0.5) is 14.6 Å². The van der Waals surface area contributed by atoms with Crippen LogP contribution in [-0.2, 0) is 17.3 Å². The number of nitrogens with zero attached hydrogens (tertiary/aromatic N) is 6. The molecule has 1 fully saturated rings. The summed E-state index contributed by atoms with van der Waals surface area (Å²) in [4.78, 5) is 10.5. The number of piperidine rings is 1. The molecule has 3 heterocycles. The third kappa shape index (κ3) is 3.70. The molecule has 0 bridgehead atoms. The molecule has 1 aliphatic rings. The molecule has 2 aromatic rings. The van der Waals surface area contributed by atoms with Gasteiger partial charge in [-0.3, -0.25) is 4.68 Å². The molecule has 3 rings (SSSR count). The molecular formula is C13H19F2N7O2S. The SMILES string of the molecule is Cn1ncc2c(N3CCC(N(CC(F)F)S(N)(=O)=O)CC3)ncnc21. The van der Waals surface area contributed by atoms with Gasteiger partial charge in [0, 0.05) is 26.2 Å². The molecule has 0 radical (unpaired) electrons. The quantitative estimate of drug-likeness (QED) is 0.794. The standard InChI is InChI=1S/C13H19F2N7O2S/c1-20-12-10(6-19-20)13(18-8-17-12)21-4-2-9(3-5-21)22(7-11(14)15)25(16,23)24/h6,8-9,11H,2-5,7H2,1H3,(H2,16,23,24). The summed E-state index contributed by atoms with van der Waals surface area (Å²) in [7, 11) is -2.40. The Morgan fingerprint density at radius 1 is 1.36 bits per heavy atom. The van der Waals surface area contributed by atoms with Crippen LogP contribution >= 0.6 is 0 Å². The fourth-order valence-corrected chi connectivity index (χ4v) is 4.11. The van der Waals surface area contributed by atoms with Crippen LogP contribution in [0.3, 0.4) is 0 Å². The fourth-order valence-electron chi connectivity index (χ4n) is 3.16. The maximum atomic E-state index is 12.7. The van der Waals surface area contributed by atoms with Crippen molar-refractivity contribution in [3.8, 4) is 0 Å². The molecule has 138 valence electrons. The van der Waals surface area contributed by atoms with E-state index in [9.17, 15) is 17.2 Å². The van der Waals surface area contributed by atoms with E-state index in [2.05, 4.69) is 15.1 Å². The Morgan fingerprint density at radius 3 is 2.64 bits per heavy atom. The van der Waals surface area contributed by atoms with Crippen molar-refractivity contribution in [2.45, 2.75) is 25.3 Å². The topological polar surface area (TPSA) is 110 Å². The highest BCUT2D eigenvalue weighted by Gasteiger charge is 2.33. The van der Waals surface area contributed by atoms with Crippen LogP contribution in [0.5, 0.6) is 0 Å². The zero-order valence-electron chi connectivity index (χ0n) is 13.6. The van der Waals surface area contributed by atoms with Gasteiger partial charge >= 0.3 is 0 Å². The van der Waals surface area contributed by atoms with Crippen molar-refractivity contribution in [1.82, 2.24) is 24.1 Å². The number of aryl methyl sites for hydroxylation is 1. The van der Waals surface area contributed by atoms with E-state index >= 15 is 0 Å². The molecule has 0 aromatic carbocycles. The van der Waals surface area contributed by atoms with Crippen molar-refractivity contribution in [2.24, 2.45) is 12.2 Å². The predicted octanol–water partition coefficient (Wildman–Crippen LogP) is 0.103. The highest BCUT2D eigenvalue weighted by atomic mass is 32.2. The van der Waals surface area contributed by atoms with Gasteiger partial charge in [-0.05, 0) is 12.8 Å². The smallest absolute Gasteiger partial charge is 0.277 e. The number of aromatic nitrogens is 4. The minimum Gasteiger partial charge on any atom is -0.356 e. The minimum atomic E-state index is -4.18. The first-order chi connectivity index (χ1) is 11.8. The van der Waals surface area contributed by atoms with Crippen LogP contribution in [0, 0.1) is 0 Å². The Hall–Kier alpha value is -1.92. The van der Waals surface area contributed by atoms with E-state index in [1.807, 2.05) is 4.90 Å². The van der Waals surface area contributed by atoms with Gasteiger partial charge in [-0.2, -0.15) is 17.8 Å². The number of anilines is 1. The van der Waals surface area contributed by atoms with Crippen LogP contribution in [0.2, 0.25) is 0 Å². The van der Waals surface area contributed by atoms with Gasteiger partial charge in [-0.25, -0.2) is 23.9 Å². The first-order valence-electron chi connectivity index (χ1n) is 7.72. The molecular weight excluding hydrogens is 356 g/mol. The highest BCUT2D eigenvalue weighted by molar-refractivity contribution is 7.86. The Labute approximate surface area is 143 Å². The van der Waals surface area contributed by atoms with Crippen molar-refractivity contribution in [2.75, 3.05) is 24.5 Å². The van der Waals surface area contributed by atoms with Gasteiger partial charge in [0.2, 0.25) is 0 Å². The molecule has 0 unspecified atom stereocenters. The average Bonchev–Trinajstić information content (AvgIpc) is 2.93. The van der Waals surface area contributed by atoms with Crippen molar-refractivity contribution < 1.29 is 17.2 Å². The van der Waals surface area contributed by atoms with Crippen LogP contribution < -0.4 is 10.0 Å². The molecule has 9 nitrogen and oxygen atoms in total. The number of nitrogens with two attached hydrogens (primary N) is 1. The van der Waals surface area contributed by atoms with Gasteiger partial charge in [0.05, 0.1) is 18.1 Å². The van der Waals surface area contributed by atoms with Gasteiger partial charge in [0.15, 0.2) is 5.65 Å². The van der Waals surface area contributed by atoms with E-state index in [-0.39, 0.29) is 0 Å². The monoisotopic (exact) mass is 375 g/mol. The Morgan fingerprint density at radius 2 is 2.04 bits per heavy atom. The number of rotatable bonds is 5. The van der Waals surface area contributed by atoms with Gasteiger partial charge in [0.1, 0.15) is 12.1 Å². The molecule has 0 spiro atoms. The lowest BCUT2D eigenvalue weighted by molar-refractivity contribution is 0.101. The lowest BCUT2D eigenvalue weighted by Crippen LogP contribution is -2.51. The van der Waals surface area contributed by atoms with E-state index in [1.54, 1.807) is 17.9 Å². The molecule has 1 saturated heterocycles. The zero-order chi connectivity index (χ0) is 18.2. The summed E-state index contributed by atoms with van der Waals surface area (Å²) >= 11 is 0. The number of hydrogen-bond donors (Lipinski definition) is 1. The lowest BCUT2D eigenvalue weighted by atomic mass is 10.0. The zero-order valence-corrected chi connectivity index (χ0v) is 14.4. The summed E-state index contributed by atoms with van der Waals surface area (Å²) in [6.07, 6.45) is 1.11. The lowest BCUT2D eigenvalue weighted by Gasteiger charge is -2.37. The van der Waals surface area contributed by atoms with E-state index in [0.717, 1.165) is 5.39 Å². The Bertz CT molecular complexity index is 849. The predicted molar refractivity (Wildman–Crippen MR) is 87.4 cm³/mol. The normalized spacial score (nSPS) is 17.1. The molecule has 0 atom stereocenters. The van der Waals surface area contributed by atoms with Crippen molar-refractivity contribution in [3.05, 3.63) is 12.5 Å². The first kappa shape index (κ1) is 17.9. The van der Waals surface area contributed by atoms with E-state index < -0.39 is 29.2 Å². The van der Waals surface area contributed by atoms with Gasteiger partial charge in [0.25, 0.3) is 16.6 Å². The van der Waals surface area contributed by atoms with Crippen LogP contribution in [0.15, 0.2) is 12.5 Å². The number of fused-ring (bicyclic) bond motifs is 1. The third-order valence-corrected chi connectivity index (χ3v) is 5.43. The third-order valence-electron chi connectivity index (χ3n) is 4.32. The molecule has 12 heteroatoms. The maximum Gasteiger partial charge on any atom is 0.277 e. The Balaban J connectivity index is 1.76. The van der Waals surface area contributed by atoms with Crippen molar-refractivity contribution >= 4 is 27.1 Å². The van der Waals surface area contributed by atoms with Crippen LogP contribution in [0.1, 0.15) is 12.8 Å². The molecule has 2 aromatic heterocycles. The van der Waals surface area contributed by atoms with Crippen LogP contribution in [-0.4, -0.2) is 64.6 Å². The van der Waals surface area contributed by atoms with E-state index in [0.29, 0.717) is 41.7 Å². The number of halogens is 2. The molecule has 0 saturated carbocycles. The highest BCUT2D eigenvalue weighted by Crippen LogP contribution is 2.27. The summed E-state index contributed by atoms with van der Waals surface area (Å²) in [6.45, 7) is 0.0612. The fraction of sp³-hybridized carbons (Fsp3) is 0.615. The van der Waals surface area contributed by atoms with Crippen molar-refractivity contribution in [1.29, 1.82) is 0 Å². The second kappa shape index (κ2) is 6.77. The number of hydrogen-bond acceptors (Lipinski definition) is 6. The first-order valence-corrected chi connectivity index (χ1v) is 9.23. The largest absolute Gasteiger partial charge is 0.356 e. The number of alkyl halides is 2. The van der Waals surface area contributed by atoms with Crippen LogP contribution in [0.25, 0.3) is 11.0 Å². The van der Waals surface area contributed by atoms with Gasteiger partial charge in [-0.1, -0.05) is 0 Å². The van der Waals surface area contributed by atoms with Gasteiger partial charge < -0.3 is 4.90 Å².